The maximum absolute atomic E-state index is 5.69. The molecule has 2 aromatic carbocycles. The predicted molar refractivity (Wildman–Crippen MR) is 145 cm³/mol. The zero-order chi connectivity index (χ0) is 23.0. The van der Waals surface area contributed by atoms with Crippen LogP contribution in [0.4, 0.5) is 0 Å². The molecule has 0 spiro atoms. The summed E-state index contributed by atoms with van der Waals surface area (Å²) in [5.41, 5.74) is 0. The summed E-state index contributed by atoms with van der Waals surface area (Å²) >= 11 is -0.517. The van der Waals surface area contributed by atoms with E-state index in [2.05, 4.69) is 74.5 Å². The molecule has 2 aromatic rings. The van der Waals surface area contributed by atoms with Crippen molar-refractivity contribution >= 4 is 28.3 Å². The van der Waals surface area contributed by atoms with Gasteiger partial charge in [0.2, 0.25) is 0 Å². The summed E-state index contributed by atoms with van der Waals surface area (Å²) in [6.07, 6.45) is 19.3. The molecule has 2 heteroatoms. The van der Waals surface area contributed by atoms with Crippen molar-refractivity contribution in [2.75, 3.05) is 13.2 Å². The standard InChI is InChI=1S/C18H38O.2C6H5.Sn/c1-3-5-7-9-11-13-15-17-19-18-16-14-12-10-8-6-4-2;2*1-2-4-6-5-3-1;/h3-18H2,1-2H3;2*1-5H;. The zero-order valence-electron chi connectivity index (χ0n) is 21.0. The first-order valence-corrected chi connectivity index (χ1v) is 16.2. The second kappa shape index (κ2) is 23.4. The van der Waals surface area contributed by atoms with Gasteiger partial charge in [-0.15, -0.1) is 0 Å². The topological polar surface area (TPSA) is 9.23 Å². The van der Waals surface area contributed by atoms with E-state index >= 15 is 0 Å². The zero-order valence-corrected chi connectivity index (χ0v) is 23.8. The SMILES string of the molecule is CCCCCCCCCOCCCCCCCCC.c1cc[c]([Sn][c]2ccccc2)cc1. The van der Waals surface area contributed by atoms with E-state index in [0.29, 0.717) is 0 Å². The van der Waals surface area contributed by atoms with Crippen molar-refractivity contribution in [3.63, 3.8) is 0 Å². The molecule has 32 heavy (non-hydrogen) atoms. The minimum absolute atomic E-state index is 0.517. The van der Waals surface area contributed by atoms with Crippen LogP contribution in [0.25, 0.3) is 0 Å². The second-order valence-electron chi connectivity index (χ2n) is 8.71. The third-order valence-electron chi connectivity index (χ3n) is 5.62. The molecule has 0 aliphatic heterocycles. The molecule has 0 atom stereocenters. The third-order valence-corrected chi connectivity index (χ3v) is 9.17. The molecular formula is C30H48OSn. The van der Waals surface area contributed by atoms with Crippen molar-refractivity contribution < 1.29 is 4.74 Å². The van der Waals surface area contributed by atoms with Gasteiger partial charge in [-0.05, 0) is 12.8 Å². The first kappa shape index (κ1) is 29.2. The first-order chi connectivity index (χ1) is 15.9. The molecule has 0 saturated carbocycles. The van der Waals surface area contributed by atoms with Crippen LogP contribution >= 0.6 is 0 Å². The van der Waals surface area contributed by atoms with Gasteiger partial charge in [0, 0.05) is 13.2 Å². The Morgan fingerprint density at radius 2 is 0.812 bits per heavy atom. The predicted octanol–water partition coefficient (Wildman–Crippen LogP) is 7.85. The molecule has 0 bridgehead atoms. The number of unbranched alkanes of at least 4 members (excludes halogenated alkanes) is 12. The second-order valence-corrected chi connectivity index (χ2v) is 12.7. The van der Waals surface area contributed by atoms with Crippen LogP contribution in [-0.4, -0.2) is 34.4 Å². The normalized spacial score (nSPS) is 10.6. The summed E-state index contributed by atoms with van der Waals surface area (Å²) in [4.78, 5) is 0. The van der Waals surface area contributed by atoms with Gasteiger partial charge in [0.25, 0.3) is 0 Å². The summed E-state index contributed by atoms with van der Waals surface area (Å²) in [5.74, 6) is 0. The summed E-state index contributed by atoms with van der Waals surface area (Å²) in [5, 5.41) is 0. The van der Waals surface area contributed by atoms with Crippen molar-refractivity contribution in [1.29, 1.82) is 0 Å². The van der Waals surface area contributed by atoms with Gasteiger partial charge in [0.05, 0.1) is 0 Å². The van der Waals surface area contributed by atoms with Crippen molar-refractivity contribution in [2.24, 2.45) is 0 Å². The van der Waals surface area contributed by atoms with E-state index in [4.69, 9.17) is 4.74 Å². The third kappa shape index (κ3) is 18.7. The van der Waals surface area contributed by atoms with Crippen LogP contribution in [0.2, 0.25) is 0 Å². The van der Waals surface area contributed by atoms with Crippen LogP contribution in [0.5, 0.6) is 0 Å². The summed E-state index contributed by atoms with van der Waals surface area (Å²) in [7, 11) is 0. The van der Waals surface area contributed by atoms with Gasteiger partial charge in [-0.25, -0.2) is 0 Å². The number of ether oxygens (including phenoxy) is 1. The maximum atomic E-state index is 5.69. The number of hydrogen-bond donors (Lipinski definition) is 0. The molecule has 2 radical (unpaired) electrons. The Morgan fingerprint density at radius 1 is 0.469 bits per heavy atom. The average molecular weight is 543 g/mol. The van der Waals surface area contributed by atoms with Crippen LogP contribution in [0, 0.1) is 0 Å². The molecule has 0 saturated heterocycles. The van der Waals surface area contributed by atoms with Gasteiger partial charge in [-0.2, -0.15) is 0 Å². The fourth-order valence-corrected chi connectivity index (χ4v) is 6.64. The van der Waals surface area contributed by atoms with E-state index in [9.17, 15) is 0 Å². The monoisotopic (exact) mass is 544 g/mol. The molecule has 0 aliphatic carbocycles. The Kier molecular flexibility index (Phi) is 21.3. The van der Waals surface area contributed by atoms with Crippen molar-refractivity contribution in [3.05, 3.63) is 60.7 Å². The van der Waals surface area contributed by atoms with Gasteiger partial charge < -0.3 is 4.74 Å². The van der Waals surface area contributed by atoms with Gasteiger partial charge in [-0.1, -0.05) is 90.9 Å². The Hall–Kier alpha value is -0.801. The number of hydrogen-bond acceptors (Lipinski definition) is 1. The van der Waals surface area contributed by atoms with E-state index in [1.165, 1.54) is 97.1 Å². The van der Waals surface area contributed by atoms with Crippen molar-refractivity contribution in [2.45, 2.75) is 104 Å². The minimum atomic E-state index is -0.517. The van der Waals surface area contributed by atoms with Gasteiger partial charge >= 0.3 is 89.0 Å². The molecule has 178 valence electrons. The average Bonchev–Trinajstić information content (AvgIpc) is 2.83. The Bertz CT molecular complexity index is 545. The van der Waals surface area contributed by atoms with Crippen LogP contribution in [0.3, 0.4) is 0 Å². The fourth-order valence-electron chi connectivity index (χ4n) is 3.63. The molecular weight excluding hydrogens is 495 g/mol. The van der Waals surface area contributed by atoms with Crippen molar-refractivity contribution in [1.82, 2.24) is 0 Å². The van der Waals surface area contributed by atoms with Gasteiger partial charge in [-0.3, -0.25) is 0 Å². The van der Waals surface area contributed by atoms with E-state index in [0.717, 1.165) is 13.2 Å². The van der Waals surface area contributed by atoms with Crippen molar-refractivity contribution in [3.8, 4) is 0 Å². The quantitative estimate of drug-likeness (QED) is 0.138. The van der Waals surface area contributed by atoms with Gasteiger partial charge in [0.15, 0.2) is 0 Å². The first-order valence-electron chi connectivity index (χ1n) is 13.3. The fraction of sp³-hybridized carbons (Fsp3) is 0.600. The van der Waals surface area contributed by atoms with Crippen LogP contribution in [0.15, 0.2) is 60.7 Å². The number of rotatable bonds is 18. The molecule has 0 unspecified atom stereocenters. The molecule has 1 nitrogen and oxygen atoms in total. The Labute approximate surface area is 210 Å². The molecule has 0 N–H and O–H groups in total. The van der Waals surface area contributed by atoms with E-state index < -0.39 is 21.1 Å². The van der Waals surface area contributed by atoms with Crippen LogP contribution < -0.4 is 7.16 Å². The number of benzene rings is 2. The molecule has 0 amide bonds. The van der Waals surface area contributed by atoms with Crippen LogP contribution in [-0.2, 0) is 4.74 Å². The van der Waals surface area contributed by atoms with E-state index in [1.54, 1.807) is 0 Å². The summed E-state index contributed by atoms with van der Waals surface area (Å²) in [6.45, 7) is 6.53. The van der Waals surface area contributed by atoms with E-state index in [-0.39, 0.29) is 0 Å². The molecule has 0 heterocycles. The van der Waals surface area contributed by atoms with E-state index in [1.807, 2.05) is 0 Å². The summed E-state index contributed by atoms with van der Waals surface area (Å²) < 4.78 is 8.77. The van der Waals surface area contributed by atoms with Gasteiger partial charge in [0.1, 0.15) is 0 Å². The molecule has 0 aliphatic rings. The molecule has 2 rings (SSSR count). The molecule has 0 fully saturated rings. The summed E-state index contributed by atoms with van der Waals surface area (Å²) in [6, 6.07) is 21.6. The Balaban J connectivity index is 0.000000339. The Morgan fingerprint density at radius 3 is 1.19 bits per heavy atom. The molecule has 0 aromatic heterocycles. The van der Waals surface area contributed by atoms with Crippen LogP contribution in [0.1, 0.15) is 104 Å².